The Morgan fingerprint density at radius 3 is 1.30 bits per heavy atom. The standard InChI is InChI=1S/C7H15NO10S2.C6H13NO10S3.C6H13NO9S2.C6H10O8S.C6H10O5.CH4O.4H2O/c1-16-7-5(3-18-20(13,14)15)17-2-4(6(7)9)8-19(10,11)12;8-18(9)7-5-3-15-4(2-16-20(12,13)14)1-6(5)17-19(10)11;8-6-1-4(2-16-18(12,13)14)15-3-5(6)7-17(9,10)11;7-3-1-4(6(8)9)13-2-5(3)14-15(10,11)12;7-3-1-5(6(9)10)11-2-4(3)8;1-2;;;;/h4-9H,2-3H2,1H3,(H,10,11,12)(H,13,14,15);4-7H,1-3H2,(H,8,9)(H,10,11)(H,12,13,14);4-8H,1-3H2,(H,9,10,11)(H,12,13,14);3-5,7H,1-2H2,(H,8,9)(H,10,11,12);3-5,7-8H,1-2H2,(H,9,10);2H,1H3;4*1H2/p-10/t4?,5?,6-,7+;2*4?,5?,6-;2*3-,4?,5?;;;;;/m01111...../s1. The molecule has 5 heterocycles. The molecular formula is C32H63N3O47S8-10. The molecule has 5 fully saturated rings. The summed E-state index contributed by atoms with van der Waals surface area (Å²) in [4.78, 5) is 20.5. The van der Waals surface area contributed by atoms with E-state index in [1.54, 1.807) is 9.44 Å². The highest BCUT2D eigenvalue weighted by Crippen LogP contribution is 2.22. The molecule has 90 heavy (non-hydrogen) atoms. The number of aliphatic carboxylic acids is 2. The van der Waals surface area contributed by atoms with E-state index in [0.29, 0.717) is 0 Å². The van der Waals surface area contributed by atoms with Gasteiger partial charge < -0.3 is 137 Å². The minimum Gasteiger partial charge on any atom is -0.760 e. The van der Waals surface area contributed by atoms with Gasteiger partial charge in [0.2, 0.25) is 41.6 Å². The maximum absolute atomic E-state index is 10.6. The number of rotatable bonds is 22. The van der Waals surface area contributed by atoms with E-state index in [2.05, 4.69) is 30.4 Å². The van der Waals surface area contributed by atoms with Gasteiger partial charge in [0, 0.05) is 51.2 Å². The molecule has 0 amide bonds. The molecule has 546 valence electrons. The smallest absolute Gasteiger partial charge is 0.218 e. The van der Waals surface area contributed by atoms with Gasteiger partial charge in [-0.1, -0.05) is 0 Å². The molecule has 12 unspecified atom stereocenters. The number of methoxy groups -OCH3 is 1. The number of ether oxygens (including phenoxy) is 6. The summed E-state index contributed by atoms with van der Waals surface area (Å²) < 4.78 is 283. The lowest BCUT2D eigenvalue weighted by Crippen LogP contribution is -2.60. The Hall–Kier alpha value is -2.34. The fourth-order valence-electron chi connectivity index (χ4n) is 6.83. The number of carboxylic acid groups (broad SMARTS) is 2. The SMILES string of the molecule is CO.CO[C@@H]1C(COS(=O)(=O)[O-])OCC(NS(=O)(=O)[O-])[C@@H]1O.O.O.O.O.O=C([O-])C1C[C@@H](O)C(O)CO1.O=C([O-])C1C[C@@H](O)C(OS(=O)(=O)[O-])CO1.O=S(=O)([O-])NC1COC(COS(=O)(=O)[O-])C[C@H]1O.O=S([O-])NC1COC(COS(=O)(=O)[O-])C[C@H]1OS(=O)[O-]. The molecule has 5 aliphatic rings. The van der Waals surface area contributed by atoms with E-state index in [-0.39, 0.29) is 67.4 Å². The summed E-state index contributed by atoms with van der Waals surface area (Å²) in [7, 11) is -27.0. The number of carbonyl (C=O) groups is 2. The van der Waals surface area contributed by atoms with Gasteiger partial charge in [-0.15, -0.1) is 0 Å². The zero-order valence-electron chi connectivity index (χ0n) is 45.3. The Labute approximate surface area is 516 Å². The molecule has 5 aliphatic heterocycles. The number of carbonyl (C=O) groups excluding carboxylic acids is 2. The highest BCUT2D eigenvalue weighted by molar-refractivity contribution is 7.84. The van der Waals surface area contributed by atoms with Crippen LogP contribution < -0.4 is 24.4 Å². The first-order chi connectivity index (χ1) is 39.2. The van der Waals surface area contributed by atoms with E-state index in [9.17, 15) is 130 Å². The molecule has 0 aromatic rings. The predicted octanol–water partition coefficient (Wildman–Crippen LogP) is -18.8. The van der Waals surface area contributed by atoms with Gasteiger partial charge in [-0.2, -0.15) is 0 Å². The first kappa shape index (κ1) is 96.3. The topological polar surface area (TPSA) is 889 Å². The lowest BCUT2D eigenvalue weighted by molar-refractivity contribution is -0.322. The van der Waals surface area contributed by atoms with Gasteiger partial charge in [-0.3, -0.25) is 25.1 Å². The maximum atomic E-state index is 10.6. The molecule has 58 heteroatoms. The highest BCUT2D eigenvalue weighted by Gasteiger charge is 2.41. The Kier molecular flexibility index (Phi) is 47.5. The lowest BCUT2D eigenvalue weighted by atomic mass is 9.99. The van der Waals surface area contributed by atoms with E-state index >= 15 is 0 Å². The minimum absolute atomic E-state index is 0. The summed E-state index contributed by atoms with van der Waals surface area (Å²) in [6.45, 7) is -3.60. The van der Waals surface area contributed by atoms with Crippen molar-refractivity contribution in [3.63, 3.8) is 0 Å². The van der Waals surface area contributed by atoms with E-state index in [0.717, 1.165) is 14.2 Å². The third-order valence-electron chi connectivity index (χ3n) is 10.5. The number of carboxylic acids is 2. The van der Waals surface area contributed by atoms with E-state index < -0.39 is 227 Å². The minimum atomic E-state index is -4.95. The summed E-state index contributed by atoms with van der Waals surface area (Å²) in [6.07, 6.45) is -16.0. The van der Waals surface area contributed by atoms with Gasteiger partial charge in [-0.05, 0) is 0 Å². The number of hydrogen-bond donors (Lipinski definition) is 9. The van der Waals surface area contributed by atoms with Crippen LogP contribution in [0.4, 0.5) is 0 Å². The molecule has 0 radical (unpaired) electrons. The molecule has 0 bridgehead atoms. The fourth-order valence-corrected chi connectivity index (χ4v) is 10.3. The van der Waals surface area contributed by atoms with Crippen LogP contribution in [-0.2, 0) is 144 Å². The van der Waals surface area contributed by atoms with Crippen LogP contribution in [0.2, 0.25) is 0 Å². The number of aliphatic hydroxyl groups excluding tert-OH is 6. The number of aliphatic hydroxyl groups is 6. The van der Waals surface area contributed by atoms with Crippen molar-refractivity contribution in [3.05, 3.63) is 0 Å². The molecule has 5 saturated heterocycles. The highest BCUT2D eigenvalue weighted by atomic mass is 32.3. The number of nitrogens with one attached hydrogen (secondary N) is 3. The third kappa shape index (κ3) is 44.3. The van der Waals surface area contributed by atoms with Gasteiger partial charge in [0.1, 0.15) is 30.5 Å². The molecule has 0 aromatic carbocycles. The van der Waals surface area contributed by atoms with Crippen LogP contribution in [0.5, 0.6) is 0 Å². The van der Waals surface area contributed by atoms with Crippen LogP contribution in [0.1, 0.15) is 25.7 Å². The largest absolute Gasteiger partial charge is 0.760 e. The van der Waals surface area contributed by atoms with Crippen molar-refractivity contribution in [2.24, 2.45) is 0 Å². The van der Waals surface area contributed by atoms with Crippen molar-refractivity contribution in [2.75, 3.05) is 67.1 Å². The molecule has 18 atom stereocenters. The molecule has 0 saturated carbocycles. The third-order valence-corrected chi connectivity index (χ3v) is 14.3. The molecule has 50 nitrogen and oxygen atoms in total. The second-order valence-electron chi connectivity index (χ2n) is 16.7. The van der Waals surface area contributed by atoms with Crippen LogP contribution in [0.15, 0.2) is 0 Å². The second-order valence-corrected chi connectivity index (χ2v) is 24.5. The van der Waals surface area contributed by atoms with Crippen LogP contribution in [0.3, 0.4) is 0 Å². The maximum Gasteiger partial charge on any atom is 0.218 e. The van der Waals surface area contributed by atoms with Crippen LogP contribution in [0.25, 0.3) is 0 Å². The Balaban J connectivity index is -0.000000332. The average molecular weight is 1500 g/mol. The number of hydrogen-bond acceptors (Lipinski definition) is 43. The average Bonchev–Trinajstić information content (AvgIpc) is 1.10. The molecule has 0 aromatic heterocycles. The summed E-state index contributed by atoms with van der Waals surface area (Å²) >= 11 is -5.57. The fraction of sp³-hybridized carbons (Fsp3) is 0.938. The summed E-state index contributed by atoms with van der Waals surface area (Å²) in [6, 6.07) is -3.35. The molecule has 17 N–H and O–H groups in total. The van der Waals surface area contributed by atoms with Crippen LogP contribution >= 0.6 is 0 Å². The molecular weight excluding hydrogens is 1430 g/mol. The van der Waals surface area contributed by atoms with Crippen molar-refractivity contribution in [1.82, 2.24) is 14.2 Å². The molecule has 5 rings (SSSR count). The molecule has 0 spiro atoms. The van der Waals surface area contributed by atoms with Crippen molar-refractivity contribution < 1.29 is 217 Å². The van der Waals surface area contributed by atoms with Crippen molar-refractivity contribution >= 4 is 96.8 Å². The monoisotopic (exact) mass is 1500 g/mol. The van der Waals surface area contributed by atoms with Crippen LogP contribution in [0, 0.1) is 0 Å². The first-order valence-corrected chi connectivity index (χ1v) is 32.8. The normalized spacial score (nSPS) is 30.3. The summed E-state index contributed by atoms with van der Waals surface area (Å²) in [5.74, 6) is -2.87. The Bertz CT molecular complexity index is 2800. The van der Waals surface area contributed by atoms with Crippen LogP contribution in [-0.4, -0.2) is 324 Å². The lowest BCUT2D eigenvalue weighted by Gasteiger charge is -2.39. The first-order valence-electron chi connectivity index (χ1n) is 22.6. The van der Waals surface area contributed by atoms with E-state index in [4.69, 9.17) is 34.3 Å². The van der Waals surface area contributed by atoms with Crippen molar-refractivity contribution in [2.45, 2.75) is 123 Å². The van der Waals surface area contributed by atoms with E-state index in [1.165, 1.54) is 0 Å². The van der Waals surface area contributed by atoms with Gasteiger partial charge in [0.25, 0.3) is 0 Å². The van der Waals surface area contributed by atoms with Crippen molar-refractivity contribution in [1.29, 1.82) is 0 Å². The molecule has 0 aliphatic carbocycles. The van der Waals surface area contributed by atoms with Gasteiger partial charge in [-0.25, -0.2) is 68.9 Å². The predicted molar refractivity (Wildman–Crippen MR) is 265 cm³/mol. The summed E-state index contributed by atoms with van der Waals surface area (Å²) in [5.41, 5.74) is 0. The second kappa shape index (κ2) is 44.4. The summed E-state index contributed by atoms with van der Waals surface area (Å²) in [5, 5.41) is 74.0. The zero-order valence-corrected chi connectivity index (χ0v) is 51.8. The van der Waals surface area contributed by atoms with Gasteiger partial charge in [0.05, 0.1) is 143 Å². The van der Waals surface area contributed by atoms with Crippen molar-refractivity contribution in [3.8, 4) is 0 Å². The van der Waals surface area contributed by atoms with Gasteiger partial charge >= 0.3 is 0 Å². The Morgan fingerprint density at radius 2 is 0.922 bits per heavy atom. The zero-order chi connectivity index (χ0) is 66.9. The quantitative estimate of drug-likeness (QED) is 0.0276. The Morgan fingerprint density at radius 1 is 0.511 bits per heavy atom. The van der Waals surface area contributed by atoms with Gasteiger partial charge in [0.15, 0.2) is 20.6 Å². The van der Waals surface area contributed by atoms with E-state index in [1.807, 2.05) is 4.72 Å².